The van der Waals surface area contributed by atoms with Crippen LogP contribution in [0, 0.1) is 0 Å². The lowest BCUT2D eigenvalue weighted by Gasteiger charge is -2.20. The predicted octanol–water partition coefficient (Wildman–Crippen LogP) is -0.0274. The Morgan fingerprint density at radius 3 is 2.38 bits per heavy atom. The van der Waals surface area contributed by atoms with Crippen LogP contribution in [0.2, 0.25) is 0 Å². The fourth-order valence-corrected chi connectivity index (χ4v) is 1.04. The van der Waals surface area contributed by atoms with Crippen molar-refractivity contribution >= 4 is 0 Å². The van der Waals surface area contributed by atoms with E-state index in [1.807, 2.05) is 7.05 Å². The molecule has 1 saturated heterocycles. The molecule has 1 aliphatic rings. The fraction of sp³-hybridized carbons (Fsp3) is 1.00. The Hall–Kier alpha value is -0.0800. The SMILES string of the molecule is CNC1CC[N]CC1. The molecule has 2 heteroatoms. The van der Waals surface area contributed by atoms with E-state index < -0.39 is 0 Å². The molecule has 1 N–H and O–H groups in total. The number of rotatable bonds is 1. The van der Waals surface area contributed by atoms with Gasteiger partial charge in [0.15, 0.2) is 0 Å². The summed E-state index contributed by atoms with van der Waals surface area (Å²) in [4.78, 5) is 0. The quantitative estimate of drug-likeness (QED) is 0.508. The Balaban J connectivity index is 2.13. The molecule has 0 aromatic heterocycles. The van der Waals surface area contributed by atoms with Gasteiger partial charge in [-0.25, -0.2) is 5.32 Å². The minimum absolute atomic E-state index is 0.743. The second kappa shape index (κ2) is 3.05. The Labute approximate surface area is 50.7 Å². The van der Waals surface area contributed by atoms with E-state index in [2.05, 4.69) is 10.6 Å². The zero-order chi connectivity index (χ0) is 5.82. The van der Waals surface area contributed by atoms with Crippen LogP contribution in [0.3, 0.4) is 0 Å². The lowest BCUT2D eigenvalue weighted by molar-refractivity contribution is 0.404. The summed E-state index contributed by atoms with van der Waals surface area (Å²) in [5.74, 6) is 0. The summed E-state index contributed by atoms with van der Waals surface area (Å²) in [6.45, 7) is 2.12. The zero-order valence-corrected chi connectivity index (χ0v) is 5.35. The molecule has 0 unspecified atom stereocenters. The minimum Gasteiger partial charge on any atom is -0.317 e. The van der Waals surface area contributed by atoms with Gasteiger partial charge in [0, 0.05) is 19.1 Å². The van der Waals surface area contributed by atoms with Crippen LogP contribution in [-0.2, 0) is 0 Å². The van der Waals surface area contributed by atoms with Gasteiger partial charge in [-0.05, 0) is 19.9 Å². The molecule has 0 bridgehead atoms. The van der Waals surface area contributed by atoms with Crippen molar-refractivity contribution in [1.29, 1.82) is 0 Å². The number of nitrogens with one attached hydrogen (secondary N) is 1. The molecule has 1 rings (SSSR count). The van der Waals surface area contributed by atoms with E-state index in [1.54, 1.807) is 0 Å². The van der Waals surface area contributed by atoms with Gasteiger partial charge in [-0.15, -0.1) is 0 Å². The van der Waals surface area contributed by atoms with Gasteiger partial charge in [-0.3, -0.25) is 0 Å². The molecular formula is C6H13N2. The molecule has 0 aromatic rings. The second-order valence-corrected chi connectivity index (χ2v) is 2.23. The molecule has 1 aliphatic heterocycles. The lowest BCUT2D eigenvalue weighted by Crippen LogP contribution is -2.34. The number of nitrogens with zero attached hydrogens (tertiary/aromatic N) is 1. The van der Waals surface area contributed by atoms with E-state index >= 15 is 0 Å². The normalized spacial score (nSPS) is 23.6. The molecule has 47 valence electrons. The first-order valence-corrected chi connectivity index (χ1v) is 3.24. The monoisotopic (exact) mass is 113 g/mol. The maximum absolute atomic E-state index is 4.24. The van der Waals surface area contributed by atoms with E-state index in [9.17, 15) is 0 Å². The van der Waals surface area contributed by atoms with Crippen molar-refractivity contribution in [3.05, 3.63) is 0 Å². The fourth-order valence-electron chi connectivity index (χ4n) is 1.04. The lowest BCUT2D eigenvalue weighted by atomic mass is 10.1. The first-order valence-electron chi connectivity index (χ1n) is 3.24. The third kappa shape index (κ3) is 1.46. The second-order valence-electron chi connectivity index (χ2n) is 2.23. The third-order valence-corrected chi connectivity index (χ3v) is 1.68. The Kier molecular flexibility index (Phi) is 2.30. The molecule has 2 nitrogen and oxygen atoms in total. The van der Waals surface area contributed by atoms with Crippen LogP contribution >= 0.6 is 0 Å². The molecule has 8 heavy (non-hydrogen) atoms. The van der Waals surface area contributed by atoms with Gasteiger partial charge in [-0.1, -0.05) is 0 Å². The van der Waals surface area contributed by atoms with E-state index in [0.29, 0.717) is 0 Å². The summed E-state index contributed by atoms with van der Waals surface area (Å²) in [6, 6.07) is 0.743. The number of piperidine rings is 1. The maximum Gasteiger partial charge on any atom is 0.0148 e. The first-order chi connectivity index (χ1) is 3.93. The summed E-state index contributed by atoms with van der Waals surface area (Å²) in [5, 5.41) is 7.48. The standard InChI is InChI=1S/C6H13N2/c1-7-6-2-4-8-5-3-6/h6-7H,2-5H2,1H3. The molecule has 0 aromatic carbocycles. The van der Waals surface area contributed by atoms with Gasteiger partial charge in [0.1, 0.15) is 0 Å². The van der Waals surface area contributed by atoms with Crippen LogP contribution in [-0.4, -0.2) is 26.2 Å². The smallest absolute Gasteiger partial charge is 0.0148 e. The van der Waals surface area contributed by atoms with Gasteiger partial charge in [0.2, 0.25) is 0 Å². The summed E-state index contributed by atoms with van der Waals surface area (Å²) in [7, 11) is 2.02. The van der Waals surface area contributed by atoms with Crippen LogP contribution < -0.4 is 10.6 Å². The van der Waals surface area contributed by atoms with Crippen molar-refractivity contribution in [2.75, 3.05) is 20.1 Å². The Morgan fingerprint density at radius 2 is 2.00 bits per heavy atom. The molecular weight excluding hydrogens is 100 g/mol. The van der Waals surface area contributed by atoms with Crippen molar-refractivity contribution in [3.63, 3.8) is 0 Å². The topological polar surface area (TPSA) is 26.1 Å². The number of hydrogen-bond acceptors (Lipinski definition) is 1. The summed E-state index contributed by atoms with van der Waals surface area (Å²) >= 11 is 0. The average Bonchev–Trinajstić information content (AvgIpc) is 1.90. The highest BCUT2D eigenvalue weighted by Gasteiger charge is 2.09. The van der Waals surface area contributed by atoms with Gasteiger partial charge < -0.3 is 5.32 Å². The van der Waals surface area contributed by atoms with E-state index in [1.165, 1.54) is 12.8 Å². The Bertz CT molecular complexity index is 57.5. The summed E-state index contributed by atoms with van der Waals surface area (Å²) in [6.07, 6.45) is 2.47. The van der Waals surface area contributed by atoms with Gasteiger partial charge in [0.05, 0.1) is 0 Å². The van der Waals surface area contributed by atoms with Crippen molar-refractivity contribution in [3.8, 4) is 0 Å². The molecule has 1 fully saturated rings. The summed E-state index contributed by atoms with van der Waals surface area (Å²) in [5.41, 5.74) is 0. The molecule has 0 aliphatic carbocycles. The molecule has 1 radical (unpaired) electrons. The van der Waals surface area contributed by atoms with Crippen molar-refractivity contribution in [2.24, 2.45) is 0 Å². The van der Waals surface area contributed by atoms with Crippen molar-refractivity contribution in [1.82, 2.24) is 10.6 Å². The van der Waals surface area contributed by atoms with E-state index in [4.69, 9.17) is 0 Å². The highest BCUT2D eigenvalue weighted by molar-refractivity contribution is 4.71. The van der Waals surface area contributed by atoms with Crippen LogP contribution in [0.15, 0.2) is 0 Å². The van der Waals surface area contributed by atoms with Gasteiger partial charge >= 0.3 is 0 Å². The largest absolute Gasteiger partial charge is 0.317 e. The first kappa shape index (κ1) is 6.05. The van der Waals surface area contributed by atoms with Gasteiger partial charge in [0.25, 0.3) is 0 Å². The molecule has 0 spiro atoms. The Morgan fingerprint density at radius 1 is 1.38 bits per heavy atom. The molecule has 0 atom stereocenters. The highest BCUT2D eigenvalue weighted by atomic mass is 14.9. The maximum atomic E-state index is 4.24. The van der Waals surface area contributed by atoms with E-state index in [-0.39, 0.29) is 0 Å². The predicted molar refractivity (Wildman–Crippen MR) is 33.9 cm³/mol. The van der Waals surface area contributed by atoms with Crippen LogP contribution in [0.25, 0.3) is 0 Å². The van der Waals surface area contributed by atoms with Crippen LogP contribution in [0.1, 0.15) is 12.8 Å². The van der Waals surface area contributed by atoms with Gasteiger partial charge in [-0.2, -0.15) is 0 Å². The third-order valence-electron chi connectivity index (χ3n) is 1.68. The molecule has 1 heterocycles. The average molecular weight is 113 g/mol. The van der Waals surface area contributed by atoms with Crippen LogP contribution in [0.4, 0.5) is 0 Å². The minimum atomic E-state index is 0.743. The number of hydrogen-bond donors (Lipinski definition) is 1. The van der Waals surface area contributed by atoms with Crippen LogP contribution in [0.5, 0.6) is 0 Å². The zero-order valence-electron chi connectivity index (χ0n) is 5.35. The summed E-state index contributed by atoms with van der Waals surface area (Å²) < 4.78 is 0. The van der Waals surface area contributed by atoms with E-state index in [0.717, 1.165) is 19.1 Å². The highest BCUT2D eigenvalue weighted by Crippen LogP contribution is 2.00. The van der Waals surface area contributed by atoms with Crippen molar-refractivity contribution in [2.45, 2.75) is 18.9 Å². The molecule has 0 saturated carbocycles. The van der Waals surface area contributed by atoms with Crippen molar-refractivity contribution < 1.29 is 0 Å². The molecule has 0 amide bonds.